The molecule has 0 fully saturated rings. The van der Waals surface area contributed by atoms with E-state index in [4.69, 9.17) is 10.00 Å². The van der Waals surface area contributed by atoms with Crippen molar-refractivity contribution in [2.24, 2.45) is 0 Å². The Kier molecular flexibility index (Phi) is 5.81. The van der Waals surface area contributed by atoms with Gasteiger partial charge in [0.2, 0.25) is 0 Å². The second kappa shape index (κ2) is 8.08. The summed E-state index contributed by atoms with van der Waals surface area (Å²) < 4.78 is 5.31. The Morgan fingerprint density at radius 1 is 1.05 bits per heavy atom. The van der Waals surface area contributed by atoms with Crippen LogP contribution in [0.1, 0.15) is 23.6 Å². The van der Waals surface area contributed by atoms with E-state index in [9.17, 15) is 0 Å². The molecule has 0 unspecified atom stereocenters. The fourth-order valence-electron chi connectivity index (χ4n) is 2.28. The molecule has 0 spiro atoms. The molecule has 2 rings (SSSR count). The van der Waals surface area contributed by atoms with Crippen molar-refractivity contribution in [2.75, 3.05) is 6.61 Å². The van der Waals surface area contributed by atoms with Gasteiger partial charge >= 0.3 is 0 Å². The van der Waals surface area contributed by atoms with Crippen LogP contribution in [0.2, 0.25) is 0 Å². The predicted molar refractivity (Wildman–Crippen MR) is 83.9 cm³/mol. The number of nitriles is 1. The van der Waals surface area contributed by atoms with Crippen LogP contribution in [0.3, 0.4) is 0 Å². The Bertz CT molecular complexity index is 617. The minimum Gasteiger partial charge on any atom is -0.479 e. The van der Waals surface area contributed by atoms with Crippen molar-refractivity contribution in [3.63, 3.8) is 0 Å². The summed E-state index contributed by atoms with van der Waals surface area (Å²) in [6.07, 6.45) is 1.05. The molecule has 0 bridgehead atoms. The zero-order valence-corrected chi connectivity index (χ0v) is 12.3. The lowest BCUT2D eigenvalue weighted by Crippen LogP contribution is -2.14. The third-order valence-electron chi connectivity index (χ3n) is 3.35. The average molecular weight is 280 g/mol. The first-order valence-electron chi connectivity index (χ1n) is 7.19. The van der Waals surface area contributed by atoms with Crippen LogP contribution in [0.5, 0.6) is 5.75 Å². The van der Waals surface area contributed by atoms with E-state index in [1.165, 1.54) is 11.1 Å². The van der Waals surface area contributed by atoms with Crippen molar-refractivity contribution in [3.05, 3.63) is 65.2 Å². The van der Waals surface area contributed by atoms with Crippen LogP contribution in [0.15, 0.2) is 48.5 Å². The largest absolute Gasteiger partial charge is 0.479 e. The molecule has 2 aromatic rings. The zero-order valence-electron chi connectivity index (χ0n) is 12.3. The van der Waals surface area contributed by atoms with Gasteiger partial charge in [-0.15, -0.1) is 0 Å². The van der Waals surface area contributed by atoms with Gasteiger partial charge in [-0.25, -0.2) is 0 Å². The standard InChI is InChI=1S/C18H20N2O/c1-2-16-7-3-4-8-17(16)14-20-13-15-6-5-9-18(12-15)21-11-10-19/h3-9,12,20H,2,11,13-14H2,1H3. The van der Waals surface area contributed by atoms with Crippen molar-refractivity contribution in [1.82, 2.24) is 5.32 Å². The van der Waals surface area contributed by atoms with Gasteiger partial charge < -0.3 is 10.1 Å². The molecule has 3 heteroatoms. The highest BCUT2D eigenvalue weighted by molar-refractivity contribution is 5.29. The summed E-state index contributed by atoms with van der Waals surface area (Å²) in [4.78, 5) is 0. The molecule has 0 saturated heterocycles. The van der Waals surface area contributed by atoms with Crippen LogP contribution in [0, 0.1) is 11.3 Å². The monoisotopic (exact) mass is 280 g/mol. The number of hydrogen-bond acceptors (Lipinski definition) is 3. The maximum absolute atomic E-state index is 8.53. The SMILES string of the molecule is CCc1ccccc1CNCc1cccc(OCC#N)c1. The molecule has 0 aliphatic heterocycles. The molecular weight excluding hydrogens is 260 g/mol. The maximum atomic E-state index is 8.53. The smallest absolute Gasteiger partial charge is 0.174 e. The van der Waals surface area contributed by atoms with E-state index in [2.05, 4.69) is 42.6 Å². The number of aryl methyl sites for hydroxylation is 1. The van der Waals surface area contributed by atoms with E-state index in [1.54, 1.807) is 0 Å². The van der Waals surface area contributed by atoms with E-state index in [0.717, 1.165) is 30.8 Å². The summed E-state index contributed by atoms with van der Waals surface area (Å²) in [5, 5.41) is 12.0. The molecule has 0 aliphatic carbocycles. The second-order valence-corrected chi connectivity index (χ2v) is 4.82. The molecule has 0 atom stereocenters. The van der Waals surface area contributed by atoms with Gasteiger partial charge in [-0.3, -0.25) is 0 Å². The van der Waals surface area contributed by atoms with Crippen LogP contribution in [-0.2, 0) is 19.5 Å². The summed E-state index contributed by atoms with van der Waals surface area (Å²) >= 11 is 0. The zero-order chi connectivity index (χ0) is 14.9. The Morgan fingerprint density at radius 3 is 2.62 bits per heavy atom. The number of benzene rings is 2. The first-order chi connectivity index (χ1) is 10.3. The number of nitrogens with one attached hydrogen (secondary N) is 1. The highest BCUT2D eigenvalue weighted by Gasteiger charge is 2.00. The van der Waals surface area contributed by atoms with Crippen molar-refractivity contribution < 1.29 is 4.74 Å². The van der Waals surface area contributed by atoms with Gasteiger partial charge in [-0.05, 0) is 35.2 Å². The fraction of sp³-hybridized carbons (Fsp3) is 0.278. The second-order valence-electron chi connectivity index (χ2n) is 4.82. The lowest BCUT2D eigenvalue weighted by atomic mass is 10.1. The average Bonchev–Trinajstić information content (AvgIpc) is 2.54. The van der Waals surface area contributed by atoms with Crippen molar-refractivity contribution in [1.29, 1.82) is 5.26 Å². The lowest BCUT2D eigenvalue weighted by molar-refractivity contribution is 0.367. The molecule has 0 aliphatic rings. The maximum Gasteiger partial charge on any atom is 0.174 e. The summed E-state index contributed by atoms with van der Waals surface area (Å²) in [5.74, 6) is 0.741. The van der Waals surface area contributed by atoms with Gasteiger partial charge in [0.05, 0.1) is 0 Å². The van der Waals surface area contributed by atoms with E-state index in [1.807, 2.05) is 24.3 Å². The molecule has 3 nitrogen and oxygen atoms in total. The van der Waals surface area contributed by atoms with Crippen molar-refractivity contribution >= 4 is 0 Å². The summed E-state index contributed by atoms with van der Waals surface area (Å²) in [5.41, 5.74) is 3.88. The number of nitrogens with zero attached hydrogens (tertiary/aromatic N) is 1. The van der Waals surface area contributed by atoms with Gasteiger partial charge in [0.15, 0.2) is 6.61 Å². The predicted octanol–water partition coefficient (Wildman–Crippen LogP) is 3.44. The molecule has 1 N–H and O–H groups in total. The Labute approximate surface area is 126 Å². The highest BCUT2D eigenvalue weighted by atomic mass is 16.5. The summed E-state index contributed by atoms with van der Waals surface area (Å²) in [7, 11) is 0. The summed E-state index contributed by atoms with van der Waals surface area (Å²) in [6.45, 7) is 3.89. The fourth-order valence-corrected chi connectivity index (χ4v) is 2.28. The first kappa shape index (κ1) is 15.1. The summed E-state index contributed by atoms with van der Waals surface area (Å²) in [6, 6.07) is 18.3. The quantitative estimate of drug-likeness (QED) is 0.845. The molecule has 21 heavy (non-hydrogen) atoms. The van der Waals surface area contributed by atoms with Gasteiger partial charge in [-0.1, -0.05) is 43.3 Å². The number of hydrogen-bond donors (Lipinski definition) is 1. The minimum absolute atomic E-state index is 0.0841. The Hall–Kier alpha value is -2.31. The van der Waals surface area contributed by atoms with Crippen LogP contribution < -0.4 is 10.1 Å². The highest BCUT2D eigenvalue weighted by Crippen LogP contribution is 2.14. The first-order valence-corrected chi connectivity index (χ1v) is 7.19. The van der Waals surface area contributed by atoms with E-state index >= 15 is 0 Å². The third-order valence-corrected chi connectivity index (χ3v) is 3.35. The van der Waals surface area contributed by atoms with Crippen molar-refractivity contribution in [3.8, 4) is 11.8 Å². The minimum atomic E-state index is 0.0841. The molecule has 2 aromatic carbocycles. The molecular formula is C18H20N2O. The van der Waals surface area contributed by atoms with Gasteiger partial charge in [0.1, 0.15) is 11.8 Å². The lowest BCUT2D eigenvalue weighted by Gasteiger charge is -2.10. The van der Waals surface area contributed by atoms with Crippen LogP contribution >= 0.6 is 0 Å². The number of rotatable bonds is 7. The van der Waals surface area contributed by atoms with E-state index in [-0.39, 0.29) is 6.61 Å². The Morgan fingerprint density at radius 2 is 1.86 bits per heavy atom. The van der Waals surface area contributed by atoms with Gasteiger partial charge in [0, 0.05) is 13.1 Å². The molecule has 0 radical (unpaired) electrons. The van der Waals surface area contributed by atoms with Gasteiger partial charge in [0.25, 0.3) is 0 Å². The third kappa shape index (κ3) is 4.62. The molecule has 0 amide bonds. The molecule has 0 saturated carbocycles. The normalized spacial score (nSPS) is 10.1. The van der Waals surface area contributed by atoms with Crippen LogP contribution in [0.25, 0.3) is 0 Å². The Balaban J connectivity index is 1.90. The van der Waals surface area contributed by atoms with Crippen molar-refractivity contribution in [2.45, 2.75) is 26.4 Å². The van der Waals surface area contributed by atoms with E-state index in [0.29, 0.717) is 0 Å². The topological polar surface area (TPSA) is 45.0 Å². The molecule has 0 aromatic heterocycles. The number of ether oxygens (including phenoxy) is 1. The van der Waals surface area contributed by atoms with Gasteiger partial charge in [-0.2, -0.15) is 5.26 Å². The molecule has 108 valence electrons. The van der Waals surface area contributed by atoms with E-state index < -0.39 is 0 Å². The van der Waals surface area contributed by atoms with Crippen LogP contribution in [-0.4, -0.2) is 6.61 Å². The van der Waals surface area contributed by atoms with Crippen LogP contribution in [0.4, 0.5) is 0 Å². The molecule has 0 heterocycles.